The minimum atomic E-state index is -4.33. The average molecular weight is 523 g/mol. The van der Waals surface area contributed by atoms with Crippen molar-refractivity contribution in [2.45, 2.75) is 38.3 Å². The summed E-state index contributed by atoms with van der Waals surface area (Å²) < 4.78 is 42.9. The van der Waals surface area contributed by atoms with Crippen LogP contribution in [0.25, 0.3) is 0 Å². The molecule has 0 aliphatic heterocycles. The van der Waals surface area contributed by atoms with Crippen molar-refractivity contribution >= 4 is 29.9 Å². The lowest BCUT2D eigenvalue weighted by Crippen LogP contribution is -2.43. The number of hydrogen-bond donors (Lipinski definition) is 2. The zero-order chi connectivity index (χ0) is 20.5. The predicted molar refractivity (Wildman–Crippen MR) is 120 cm³/mol. The van der Waals surface area contributed by atoms with E-state index in [0.717, 1.165) is 31.7 Å². The Kier molecular flexibility index (Phi) is 10.8. The molecule has 1 aliphatic carbocycles. The number of hydrogen-bond acceptors (Lipinski definition) is 2. The zero-order valence-corrected chi connectivity index (χ0v) is 19.2. The van der Waals surface area contributed by atoms with Gasteiger partial charge in [-0.3, -0.25) is 4.99 Å². The van der Waals surface area contributed by atoms with E-state index in [1.165, 1.54) is 37.8 Å². The van der Waals surface area contributed by atoms with Crippen molar-refractivity contribution in [3.05, 3.63) is 35.4 Å². The molecule has 1 aliphatic rings. The van der Waals surface area contributed by atoms with Gasteiger partial charge in [0.15, 0.2) is 5.96 Å². The number of halogens is 4. The molecule has 0 saturated heterocycles. The number of nitrogens with one attached hydrogen (secondary N) is 2. The second-order valence-corrected chi connectivity index (χ2v) is 7.11. The third-order valence-corrected chi connectivity index (χ3v) is 5.14. The van der Waals surface area contributed by atoms with Crippen molar-refractivity contribution in [1.82, 2.24) is 10.6 Å². The van der Waals surface area contributed by atoms with Crippen molar-refractivity contribution in [1.29, 1.82) is 0 Å². The van der Waals surface area contributed by atoms with Crippen LogP contribution in [-0.2, 0) is 10.9 Å². The smallest absolute Gasteiger partial charge is 0.385 e. The van der Waals surface area contributed by atoms with Gasteiger partial charge in [0.1, 0.15) is 0 Å². The van der Waals surface area contributed by atoms with Gasteiger partial charge < -0.3 is 15.4 Å². The largest absolute Gasteiger partial charge is 0.416 e. The van der Waals surface area contributed by atoms with E-state index in [-0.39, 0.29) is 29.4 Å². The van der Waals surface area contributed by atoms with E-state index in [9.17, 15) is 13.2 Å². The van der Waals surface area contributed by atoms with Crippen LogP contribution in [0.5, 0.6) is 0 Å². The van der Waals surface area contributed by atoms with Crippen molar-refractivity contribution in [3.63, 3.8) is 0 Å². The lowest BCUT2D eigenvalue weighted by molar-refractivity contribution is -0.137. The van der Waals surface area contributed by atoms with Crippen LogP contribution in [0.2, 0.25) is 0 Å². The van der Waals surface area contributed by atoms with E-state index in [2.05, 4.69) is 27.5 Å². The molecule has 2 rings (SSSR count). The van der Waals surface area contributed by atoms with Crippen LogP contribution < -0.4 is 10.6 Å². The normalized spacial score (nSPS) is 15.8. The molecule has 162 valence electrons. The van der Waals surface area contributed by atoms with Gasteiger partial charge in [0.05, 0.1) is 12.1 Å². The van der Waals surface area contributed by atoms with Gasteiger partial charge in [-0.25, -0.2) is 0 Å². The molecular formula is C21H29F3IN3O. The monoisotopic (exact) mass is 523 g/mol. The molecule has 0 unspecified atom stereocenters. The molecule has 0 bridgehead atoms. The first kappa shape index (κ1) is 25.6. The molecule has 0 atom stereocenters. The highest BCUT2D eigenvalue weighted by molar-refractivity contribution is 14.0. The topological polar surface area (TPSA) is 45.7 Å². The van der Waals surface area contributed by atoms with Crippen LogP contribution >= 0.6 is 24.0 Å². The highest BCUT2D eigenvalue weighted by Gasteiger charge is 2.33. The number of alkyl halides is 3. The summed E-state index contributed by atoms with van der Waals surface area (Å²) in [5.74, 6) is 6.44. The summed E-state index contributed by atoms with van der Waals surface area (Å²) in [6.07, 6.45) is 1.57. The Bertz CT molecular complexity index is 703. The Balaban J connectivity index is 0.00000420. The van der Waals surface area contributed by atoms with Gasteiger partial charge in [-0.05, 0) is 48.9 Å². The van der Waals surface area contributed by atoms with Crippen LogP contribution in [0.4, 0.5) is 13.2 Å². The summed E-state index contributed by atoms with van der Waals surface area (Å²) in [7, 11) is 3.43. The number of nitrogens with zero attached hydrogens (tertiary/aromatic N) is 1. The maximum atomic E-state index is 12.6. The Morgan fingerprint density at radius 1 is 1.17 bits per heavy atom. The number of rotatable bonds is 6. The minimum Gasteiger partial charge on any atom is -0.385 e. The zero-order valence-electron chi connectivity index (χ0n) is 16.9. The molecule has 0 spiro atoms. The summed E-state index contributed by atoms with van der Waals surface area (Å²) in [5.41, 5.74) is 0.122. The van der Waals surface area contributed by atoms with Crippen molar-refractivity contribution in [2.24, 2.45) is 10.4 Å². The van der Waals surface area contributed by atoms with Crippen LogP contribution in [0.15, 0.2) is 29.3 Å². The second kappa shape index (κ2) is 12.3. The maximum absolute atomic E-state index is 12.6. The van der Waals surface area contributed by atoms with Crippen LogP contribution in [-0.4, -0.2) is 39.8 Å². The molecule has 0 heterocycles. The minimum absolute atomic E-state index is 0. The summed E-state index contributed by atoms with van der Waals surface area (Å²) in [5, 5.41) is 6.50. The van der Waals surface area contributed by atoms with Crippen LogP contribution in [0.3, 0.4) is 0 Å². The Morgan fingerprint density at radius 2 is 1.83 bits per heavy atom. The Morgan fingerprint density at radius 3 is 2.38 bits per heavy atom. The van der Waals surface area contributed by atoms with Crippen molar-refractivity contribution in [2.75, 3.05) is 33.9 Å². The quantitative estimate of drug-likeness (QED) is 0.251. The van der Waals surface area contributed by atoms with Gasteiger partial charge in [-0.2, -0.15) is 13.2 Å². The van der Waals surface area contributed by atoms with E-state index in [1.54, 1.807) is 14.2 Å². The van der Waals surface area contributed by atoms with Gasteiger partial charge in [0.25, 0.3) is 0 Å². The summed E-state index contributed by atoms with van der Waals surface area (Å²) in [6, 6.07) is 4.84. The lowest BCUT2D eigenvalue weighted by Gasteiger charge is -2.29. The standard InChI is InChI=1S/C21H28F3N3O.HI/c1-25-19(27-16-20(13-15-28-2)11-3-4-12-20)26-14-5-6-17-7-9-18(10-8-17)21(22,23)24;/h7-10H,3-4,11-16H2,1-2H3,(H2,25,26,27);1H. The van der Waals surface area contributed by atoms with Crippen molar-refractivity contribution in [3.8, 4) is 11.8 Å². The van der Waals surface area contributed by atoms with E-state index >= 15 is 0 Å². The fraction of sp³-hybridized carbons (Fsp3) is 0.571. The molecule has 8 heteroatoms. The SMILES string of the molecule is CN=C(NCC#Cc1ccc(C(F)(F)F)cc1)NCC1(CCOC)CCCC1.I. The number of guanidine groups is 1. The second-order valence-electron chi connectivity index (χ2n) is 7.11. The van der Waals surface area contributed by atoms with Crippen LogP contribution in [0, 0.1) is 17.3 Å². The first-order valence-electron chi connectivity index (χ1n) is 9.48. The molecular weight excluding hydrogens is 494 g/mol. The number of benzene rings is 1. The Hall–Kier alpha value is -1.47. The average Bonchev–Trinajstić information content (AvgIpc) is 3.14. The molecule has 0 aromatic heterocycles. The third-order valence-electron chi connectivity index (χ3n) is 5.14. The molecule has 1 fully saturated rings. The van der Waals surface area contributed by atoms with E-state index in [0.29, 0.717) is 18.1 Å². The summed E-state index contributed by atoms with van der Waals surface area (Å²) >= 11 is 0. The Labute approximate surface area is 188 Å². The molecule has 0 amide bonds. The van der Waals surface area contributed by atoms with Gasteiger partial charge in [-0.1, -0.05) is 24.7 Å². The first-order chi connectivity index (χ1) is 13.4. The van der Waals surface area contributed by atoms with Gasteiger partial charge >= 0.3 is 6.18 Å². The number of methoxy groups -OCH3 is 1. The van der Waals surface area contributed by atoms with Crippen molar-refractivity contribution < 1.29 is 17.9 Å². The third kappa shape index (κ3) is 8.42. The molecule has 29 heavy (non-hydrogen) atoms. The summed E-state index contributed by atoms with van der Waals surface area (Å²) in [4.78, 5) is 4.21. The number of ether oxygens (including phenoxy) is 1. The highest BCUT2D eigenvalue weighted by atomic mass is 127. The lowest BCUT2D eigenvalue weighted by atomic mass is 9.83. The van der Waals surface area contributed by atoms with E-state index in [1.807, 2.05) is 0 Å². The fourth-order valence-electron chi connectivity index (χ4n) is 3.47. The summed E-state index contributed by atoms with van der Waals surface area (Å²) in [6.45, 7) is 1.94. The fourth-order valence-corrected chi connectivity index (χ4v) is 3.47. The van der Waals surface area contributed by atoms with Gasteiger partial charge in [0, 0.05) is 32.9 Å². The first-order valence-corrected chi connectivity index (χ1v) is 9.48. The predicted octanol–water partition coefficient (Wildman–Crippen LogP) is 4.44. The molecule has 0 radical (unpaired) electrons. The van der Waals surface area contributed by atoms with Crippen LogP contribution in [0.1, 0.15) is 43.2 Å². The molecule has 4 nitrogen and oxygen atoms in total. The van der Waals surface area contributed by atoms with E-state index in [4.69, 9.17) is 4.74 Å². The number of aliphatic imine (C=N–C) groups is 1. The molecule has 1 saturated carbocycles. The highest BCUT2D eigenvalue weighted by Crippen LogP contribution is 2.40. The maximum Gasteiger partial charge on any atom is 0.416 e. The van der Waals surface area contributed by atoms with E-state index < -0.39 is 11.7 Å². The molecule has 1 aromatic rings. The van der Waals surface area contributed by atoms with Gasteiger partial charge in [-0.15, -0.1) is 24.0 Å². The molecule has 2 N–H and O–H groups in total. The van der Waals surface area contributed by atoms with Gasteiger partial charge in [0.2, 0.25) is 0 Å². The molecule has 1 aromatic carbocycles.